The van der Waals surface area contributed by atoms with E-state index in [9.17, 15) is 4.79 Å². The van der Waals surface area contributed by atoms with Gasteiger partial charge in [-0.3, -0.25) is 4.79 Å². The van der Waals surface area contributed by atoms with Crippen molar-refractivity contribution in [3.63, 3.8) is 0 Å². The SMILES string of the molecule is COCCN(CCO)C(=O)C1CCCNC1C. The largest absolute Gasteiger partial charge is 0.395 e. The summed E-state index contributed by atoms with van der Waals surface area (Å²) in [6.45, 7) is 4.51. The molecule has 17 heavy (non-hydrogen) atoms. The summed E-state index contributed by atoms with van der Waals surface area (Å²) in [7, 11) is 1.62. The van der Waals surface area contributed by atoms with Crippen molar-refractivity contribution in [2.24, 2.45) is 5.92 Å². The predicted molar refractivity (Wildman–Crippen MR) is 65.7 cm³/mol. The molecular formula is C12H24N2O3. The van der Waals surface area contributed by atoms with E-state index in [1.165, 1.54) is 0 Å². The van der Waals surface area contributed by atoms with E-state index in [-0.39, 0.29) is 24.5 Å². The fraction of sp³-hybridized carbons (Fsp3) is 0.917. The Hall–Kier alpha value is -0.650. The molecule has 2 unspecified atom stereocenters. The molecule has 0 aliphatic carbocycles. The van der Waals surface area contributed by atoms with Gasteiger partial charge in [-0.15, -0.1) is 0 Å². The van der Waals surface area contributed by atoms with E-state index >= 15 is 0 Å². The van der Waals surface area contributed by atoms with E-state index in [0.29, 0.717) is 19.7 Å². The van der Waals surface area contributed by atoms with Crippen LogP contribution in [0.5, 0.6) is 0 Å². The minimum absolute atomic E-state index is 0.00395. The van der Waals surface area contributed by atoms with Crippen LogP contribution in [-0.4, -0.2) is 61.9 Å². The molecule has 1 aliphatic heterocycles. The molecule has 1 fully saturated rings. The number of rotatable bonds is 6. The van der Waals surface area contributed by atoms with Crippen molar-refractivity contribution >= 4 is 5.91 Å². The fourth-order valence-electron chi connectivity index (χ4n) is 2.27. The van der Waals surface area contributed by atoms with Gasteiger partial charge in [-0.25, -0.2) is 0 Å². The zero-order valence-electron chi connectivity index (χ0n) is 10.8. The number of hydrogen-bond acceptors (Lipinski definition) is 4. The van der Waals surface area contributed by atoms with Gasteiger partial charge >= 0.3 is 0 Å². The molecule has 0 spiro atoms. The van der Waals surface area contributed by atoms with Gasteiger partial charge in [0.25, 0.3) is 0 Å². The molecule has 100 valence electrons. The second-order valence-electron chi connectivity index (χ2n) is 4.53. The molecule has 2 N–H and O–H groups in total. The first kappa shape index (κ1) is 14.4. The highest BCUT2D eigenvalue weighted by Crippen LogP contribution is 2.18. The number of aliphatic hydroxyl groups excluding tert-OH is 1. The zero-order valence-corrected chi connectivity index (χ0v) is 10.8. The number of nitrogens with zero attached hydrogens (tertiary/aromatic N) is 1. The Labute approximate surface area is 103 Å². The molecule has 2 atom stereocenters. The molecule has 0 saturated carbocycles. The monoisotopic (exact) mass is 244 g/mol. The molecule has 1 heterocycles. The summed E-state index contributed by atoms with van der Waals surface area (Å²) in [5.74, 6) is 0.169. The van der Waals surface area contributed by atoms with Crippen LogP contribution in [0.2, 0.25) is 0 Å². The Bertz CT molecular complexity index is 236. The van der Waals surface area contributed by atoms with Gasteiger partial charge in [0.1, 0.15) is 0 Å². The first-order valence-electron chi connectivity index (χ1n) is 6.32. The number of nitrogens with one attached hydrogen (secondary N) is 1. The van der Waals surface area contributed by atoms with Crippen LogP contribution in [0.4, 0.5) is 0 Å². The molecule has 0 bridgehead atoms. The maximum Gasteiger partial charge on any atom is 0.227 e. The van der Waals surface area contributed by atoms with Crippen molar-refractivity contribution in [2.45, 2.75) is 25.8 Å². The minimum Gasteiger partial charge on any atom is -0.395 e. The molecule has 1 amide bonds. The lowest BCUT2D eigenvalue weighted by atomic mass is 9.90. The third kappa shape index (κ3) is 4.26. The van der Waals surface area contributed by atoms with Crippen molar-refractivity contribution in [1.29, 1.82) is 0 Å². The van der Waals surface area contributed by atoms with Crippen molar-refractivity contribution in [1.82, 2.24) is 10.2 Å². The fourth-order valence-corrected chi connectivity index (χ4v) is 2.27. The lowest BCUT2D eigenvalue weighted by Gasteiger charge is -2.33. The van der Waals surface area contributed by atoms with E-state index in [1.54, 1.807) is 12.0 Å². The Balaban J connectivity index is 2.55. The van der Waals surface area contributed by atoms with Crippen LogP contribution >= 0.6 is 0 Å². The molecule has 1 rings (SSSR count). The molecule has 5 heteroatoms. The van der Waals surface area contributed by atoms with E-state index < -0.39 is 0 Å². The van der Waals surface area contributed by atoms with E-state index in [2.05, 4.69) is 12.2 Å². The van der Waals surface area contributed by atoms with E-state index in [1.807, 2.05) is 0 Å². The van der Waals surface area contributed by atoms with Gasteiger partial charge in [0.05, 0.1) is 19.1 Å². The highest BCUT2D eigenvalue weighted by atomic mass is 16.5. The summed E-state index contributed by atoms with van der Waals surface area (Å²) in [4.78, 5) is 14.0. The van der Waals surface area contributed by atoms with Crippen LogP contribution in [0, 0.1) is 5.92 Å². The Morgan fingerprint density at radius 3 is 2.88 bits per heavy atom. The van der Waals surface area contributed by atoms with Crippen LogP contribution in [0.15, 0.2) is 0 Å². The second kappa shape index (κ2) is 7.63. The molecule has 5 nitrogen and oxygen atoms in total. The molecule has 0 aromatic carbocycles. The molecule has 1 aliphatic rings. The van der Waals surface area contributed by atoms with Crippen molar-refractivity contribution < 1.29 is 14.6 Å². The lowest BCUT2D eigenvalue weighted by molar-refractivity contribution is -0.138. The van der Waals surface area contributed by atoms with Crippen LogP contribution in [0.25, 0.3) is 0 Å². The van der Waals surface area contributed by atoms with Crippen LogP contribution < -0.4 is 5.32 Å². The highest BCUT2D eigenvalue weighted by Gasteiger charge is 2.30. The number of hydrogen-bond donors (Lipinski definition) is 2. The van der Waals surface area contributed by atoms with Gasteiger partial charge in [-0.1, -0.05) is 0 Å². The van der Waals surface area contributed by atoms with Crippen molar-refractivity contribution in [3.05, 3.63) is 0 Å². The summed E-state index contributed by atoms with van der Waals surface area (Å²) in [6.07, 6.45) is 1.97. The smallest absolute Gasteiger partial charge is 0.227 e. The van der Waals surface area contributed by atoms with Gasteiger partial charge in [0, 0.05) is 26.2 Å². The standard InChI is InChI=1S/C12H24N2O3/c1-10-11(4-3-5-13-10)12(16)14(6-8-15)7-9-17-2/h10-11,13,15H,3-9H2,1-2H3. The summed E-state index contributed by atoms with van der Waals surface area (Å²) in [5.41, 5.74) is 0. The second-order valence-corrected chi connectivity index (χ2v) is 4.53. The van der Waals surface area contributed by atoms with Crippen LogP contribution in [-0.2, 0) is 9.53 Å². The topological polar surface area (TPSA) is 61.8 Å². The lowest BCUT2D eigenvalue weighted by Crippen LogP contribution is -2.49. The highest BCUT2D eigenvalue weighted by molar-refractivity contribution is 5.79. The number of carbonyl (C=O) groups is 1. The third-order valence-corrected chi connectivity index (χ3v) is 3.33. The van der Waals surface area contributed by atoms with Gasteiger partial charge in [0.2, 0.25) is 5.91 Å². The molecule has 1 saturated heterocycles. The Morgan fingerprint density at radius 1 is 1.53 bits per heavy atom. The number of amides is 1. The average Bonchev–Trinajstić information content (AvgIpc) is 2.34. The van der Waals surface area contributed by atoms with Gasteiger partial charge in [-0.2, -0.15) is 0 Å². The minimum atomic E-state index is 0.00395. The molecule has 0 aromatic heterocycles. The van der Waals surface area contributed by atoms with E-state index in [4.69, 9.17) is 9.84 Å². The van der Waals surface area contributed by atoms with Crippen molar-refractivity contribution in [3.8, 4) is 0 Å². The number of carbonyl (C=O) groups excluding carboxylic acids is 1. The Morgan fingerprint density at radius 2 is 2.29 bits per heavy atom. The van der Waals surface area contributed by atoms with E-state index in [0.717, 1.165) is 19.4 Å². The number of methoxy groups -OCH3 is 1. The summed E-state index contributed by atoms with van der Waals surface area (Å²) in [5, 5.41) is 12.3. The summed E-state index contributed by atoms with van der Waals surface area (Å²) >= 11 is 0. The van der Waals surface area contributed by atoms with Crippen LogP contribution in [0.1, 0.15) is 19.8 Å². The summed E-state index contributed by atoms with van der Waals surface area (Å²) < 4.78 is 4.99. The van der Waals surface area contributed by atoms with Gasteiger partial charge in [0.15, 0.2) is 0 Å². The first-order valence-corrected chi connectivity index (χ1v) is 6.32. The number of aliphatic hydroxyl groups is 1. The third-order valence-electron chi connectivity index (χ3n) is 3.33. The predicted octanol–water partition coefficient (Wildman–Crippen LogP) is -0.158. The summed E-state index contributed by atoms with van der Waals surface area (Å²) in [6, 6.07) is 0.222. The quantitative estimate of drug-likeness (QED) is 0.682. The Kier molecular flexibility index (Phi) is 6.47. The number of ether oxygens (including phenoxy) is 1. The first-order chi connectivity index (χ1) is 8.20. The normalized spacial score (nSPS) is 24.6. The van der Waals surface area contributed by atoms with Gasteiger partial charge < -0.3 is 20.1 Å². The maximum atomic E-state index is 12.3. The number of piperidine rings is 1. The van der Waals surface area contributed by atoms with Gasteiger partial charge in [-0.05, 0) is 26.3 Å². The molecular weight excluding hydrogens is 220 g/mol. The van der Waals surface area contributed by atoms with Crippen molar-refractivity contribution in [2.75, 3.05) is 40.0 Å². The molecule has 0 aromatic rings. The average molecular weight is 244 g/mol. The van der Waals surface area contributed by atoms with Crippen LogP contribution in [0.3, 0.4) is 0 Å². The molecule has 0 radical (unpaired) electrons. The maximum absolute atomic E-state index is 12.3. The zero-order chi connectivity index (χ0) is 12.7.